The maximum Gasteiger partial charge on any atom is 0.138 e. The van der Waals surface area contributed by atoms with Crippen LogP contribution in [0.2, 0.25) is 0 Å². The van der Waals surface area contributed by atoms with Crippen molar-refractivity contribution in [2.45, 2.75) is 6.92 Å². The van der Waals surface area contributed by atoms with E-state index in [0.717, 1.165) is 49.3 Å². The zero-order chi connectivity index (χ0) is 18.6. The van der Waals surface area contributed by atoms with Crippen LogP contribution in [-0.4, -0.2) is 43.2 Å². The Morgan fingerprint density at radius 2 is 1.37 bits per heavy atom. The molecule has 0 spiro atoms. The summed E-state index contributed by atoms with van der Waals surface area (Å²) in [6.45, 7) is 5.87. The molecule has 1 aromatic heterocycles. The molecule has 2 aromatic carbocycles. The quantitative estimate of drug-likeness (QED) is 0.706. The summed E-state index contributed by atoms with van der Waals surface area (Å²) in [6, 6.07) is 23.0. The van der Waals surface area contributed by atoms with Crippen LogP contribution in [0.4, 0.5) is 23.0 Å². The van der Waals surface area contributed by atoms with Gasteiger partial charge in [-0.2, -0.15) is 0 Å². The fourth-order valence-corrected chi connectivity index (χ4v) is 3.49. The summed E-state index contributed by atoms with van der Waals surface area (Å²) in [5.41, 5.74) is 2.41. The number of hydrogen-bond donors (Lipinski definition) is 0. The molecule has 5 nitrogen and oxygen atoms in total. The van der Waals surface area contributed by atoms with E-state index in [-0.39, 0.29) is 0 Å². The smallest absolute Gasteiger partial charge is 0.138 e. The molecule has 1 fully saturated rings. The predicted octanol–water partition coefficient (Wildman–Crippen LogP) is 3.88. The number of anilines is 4. The Morgan fingerprint density at radius 3 is 2.04 bits per heavy atom. The van der Waals surface area contributed by atoms with E-state index < -0.39 is 0 Å². The maximum atomic E-state index is 4.70. The van der Waals surface area contributed by atoms with Crippen LogP contribution in [0.25, 0.3) is 0 Å². The standard InChI is InChI=1S/C22H25N5/c1-18-23-21(25(2)19-9-5-3-6-10-19)17-22(24-18)27-15-13-26(14-16-27)20-11-7-4-8-12-20/h3-12,17H,13-16H2,1-2H3. The van der Waals surface area contributed by atoms with Crippen molar-refractivity contribution in [2.24, 2.45) is 0 Å². The van der Waals surface area contributed by atoms with Crippen LogP contribution in [0.5, 0.6) is 0 Å². The molecule has 3 aromatic rings. The second-order valence-electron chi connectivity index (χ2n) is 6.84. The highest BCUT2D eigenvalue weighted by Gasteiger charge is 2.20. The van der Waals surface area contributed by atoms with Gasteiger partial charge in [-0.3, -0.25) is 0 Å². The summed E-state index contributed by atoms with van der Waals surface area (Å²) in [6.07, 6.45) is 0. The molecule has 138 valence electrons. The Bertz CT molecular complexity index is 874. The van der Waals surface area contributed by atoms with E-state index in [9.17, 15) is 0 Å². The monoisotopic (exact) mass is 359 g/mol. The van der Waals surface area contributed by atoms with Gasteiger partial charge in [0.1, 0.15) is 17.5 Å². The zero-order valence-corrected chi connectivity index (χ0v) is 15.9. The lowest BCUT2D eigenvalue weighted by Crippen LogP contribution is -2.47. The number of aryl methyl sites for hydroxylation is 1. The summed E-state index contributed by atoms with van der Waals surface area (Å²) in [5.74, 6) is 2.73. The summed E-state index contributed by atoms with van der Waals surface area (Å²) in [4.78, 5) is 16.2. The van der Waals surface area contributed by atoms with Crippen molar-refractivity contribution >= 4 is 23.0 Å². The van der Waals surface area contributed by atoms with Gasteiger partial charge in [-0.1, -0.05) is 36.4 Å². The molecule has 0 unspecified atom stereocenters. The molecule has 1 aliphatic rings. The number of aromatic nitrogens is 2. The SMILES string of the molecule is Cc1nc(N2CCN(c3ccccc3)CC2)cc(N(C)c2ccccc2)n1. The van der Waals surface area contributed by atoms with Crippen molar-refractivity contribution in [1.82, 2.24) is 9.97 Å². The van der Waals surface area contributed by atoms with Crippen LogP contribution in [0.3, 0.4) is 0 Å². The lowest BCUT2D eigenvalue weighted by Gasteiger charge is -2.37. The first kappa shape index (κ1) is 17.3. The molecular formula is C22H25N5. The molecule has 2 heterocycles. The van der Waals surface area contributed by atoms with Crippen LogP contribution in [0.15, 0.2) is 66.7 Å². The largest absolute Gasteiger partial charge is 0.368 e. The summed E-state index contributed by atoms with van der Waals surface area (Å²) in [7, 11) is 2.05. The van der Waals surface area contributed by atoms with Gasteiger partial charge in [0.25, 0.3) is 0 Å². The Kier molecular flexibility index (Phi) is 4.92. The van der Waals surface area contributed by atoms with E-state index in [1.165, 1.54) is 5.69 Å². The summed E-state index contributed by atoms with van der Waals surface area (Å²) in [5, 5.41) is 0. The van der Waals surface area contributed by atoms with Gasteiger partial charge < -0.3 is 14.7 Å². The van der Waals surface area contributed by atoms with Gasteiger partial charge in [0.15, 0.2) is 0 Å². The van der Waals surface area contributed by atoms with Gasteiger partial charge in [0, 0.05) is 50.7 Å². The first-order valence-corrected chi connectivity index (χ1v) is 9.40. The van der Waals surface area contributed by atoms with Crippen molar-refractivity contribution in [3.8, 4) is 0 Å². The Balaban J connectivity index is 1.51. The third-order valence-corrected chi connectivity index (χ3v) is 5.02. The van der Waals surface area contributed by atoms with E-state index >= 15 is 0 Å². The Hall–Kier alpha value is -3.08. The molecule has 0 N–H and O–H groups in total. The van der Waals surface area contributed by atoms with Crippen molar-refractivity contribution in [3.63, 3.8) is 0 Å². The number of nitrogens with zero attached hydrogens (tertiary/aromatic N) is 5. The first-order chi connectivity index (χ1) is 13.2. The van der Waals surface area contributed by atoms with E-state index in [1.54, 1.807) is 0 Å². The van der Waals surface area contributed by atoms with Gasteiger partial charge >= 0.3 is 0 Å². The number of piperazine rings is 1. The van der Waals surface area contributed by atoms with Crippen LogP contribution >= 0.6 is 0 Å². The molecule has 1 aliphatic heterocycles. The first-order valence-electron chi connectivity index (χ1n) is 9.40. The number of hydrogen-bond acceptors (Lipinski definition) is 5. The number of para-hydroxylation sites is 2. The second-order valence-corrected chi connectivity index (χ2v) is 6.84. The van der Waals surface area contributed by atoms with Crippen molar-refractivity contribution in [2.75, 3.05) is 47.9 Å². The van der Waals surface area contributed by atoms with Crippen molar-refractivity contribution in [3.05, 3.63) is 72.6 Å². The van der Waals surface area contributed by atoms with Gasteiger partial charge in [-0.25, -0.2) is 9.97 Å². The average molecular weight is 359 g/mol. The van der Waals surface area contributed by atoms with Crippen LogP contribution in [-0.2, 0) is 0 Å². The molecule has 27 heavy (non-hydrogen) atoms. The van der Waals surface area contributed by atoms with Gasteiger partial charge in [-0.15, -0.1) is 0 Å². The minimum Gasteiger partial charge on any atom is -0.368 e. The van der Waals surface area contributed by atoms with Crippen LogP contribution < -0.4 is 14.7 Å². The second kappa shape index (κ2) is 7.66. The van der Waals surface area contributed by atoms with E-state index in [4.69, 9.17) is 4.98 Å². The van der Waals surface area contributed by atoms with Gasteiger partial charge in [0.2, 0.25) is 0 Å². The third-order valence-electron chi connectivity index (χ3n) is 5.02. The minimum absolute atomic E-state index is 0.802. The molecule has 0 aliphatic carbocycles. The third kappa shape index (κ3) is 3.87. The molecule has 0 radical (unpaired) electrons. The molecule has 0 amide bonds. The minimum atomic E-state index is 0.802. The molecule has 0 bridgehead atoms. The highest BCUT2D eigenvalue weighted by atomic mass is 15.3. The lowest BCUT2D eigenvalue weighted by molar-refractivity contribution is 0.645. The molecular weight excluding hydrogens is 334 g/mol. The Labute approximate surface area is 160 Å². The fraction of sp³-hybridized carbons (Fsp3) is 0.273. The number of rotatable bonds is 4. The molecule has 1 saturated heterocycles. The number of benzene rings is 2. The average Bonchev–Trinajstić information content (AvgIpc) is 2.74. The highest BCUT2D eigenvalue weighted by Crippen LogP contribution is 2.26. The van der Waals surface area contributed by atoms with Crippen LogP contribution in [0, 0.1) is 6.92 Å². The normalized spacial score (nSPS) is 14.3. The van der Waals surface area contributed by atoms with E-state index in [1.807, 2.05) is 32.2 Å². The summed E-state index contributed by atoms with van der Waals surface area (Å²) >= 11 is 0. The van der Waals surface area contributed by atoms with E-state index in [2.05, 4.69) is 68.2 Å². The maximum absolute atomic E-state index is 4.70. The highest BCUT2D eigenvalue weighted by molar-refractivity contribution is 5.62. The van der Waals surface area contributed by atoms with Gasteiger partial charge in [0.05, 0.1) is 0 Å². The summed E-state index contributed by atoms with van der Waals surface area (Å²) < 4.78 is 0. The van der Waals surface area contributed by atoms with Crippen LogP contribution in [0.1, 0.15) is 5.82 Å². The van der Waals surface area contributed by atoms with Gasteiger partial charge in [-0.05, 0) is 31.2 Å². The molecule has 0 atom stereocenters. The Morgan fingerprint density at radius 1 is 0.778 bits per heavy atom. The molecule has 5 heteroatoms. The lowest BCUT2D eigenvalue weighted by atomic mass is 10.2. The van der Waals surface area contributed by atoms with E-state index in [0.29, 0.717) is 0 Å². The van der Waals surface area contributed by atoms with Crippen molar-refractivity contribution < 1.29 is 0 Å². The van der Waals surface area contributed by atoms with Crippen molar-refractivity contribution in [1.29, 1.82) is 0 Å². The topological polar surface area (TPSA) is 35.5 Å². The fourth-order valence-electron chi connectivity index (χ4n) is 3.49. The zero-order valence-electron chi connectivity index (χ0n) is 15.9. The molecule has 4 rings (SSSR count). The molecule has 0 saturated carbocycles. The predicted molar refractivity (Wildman–Crippen MR) is 112 cm³/mol.